The van der Waals surface area contributed by atoms with Crippen molar-refractivity contribution in [2.24, 2.45) is 0 Å². The minimum Gasteiger partial charge on any atom is -0.379 e. The molecule has 4 rings (SSSR count). The second-order valence-electron chi connectivity index (χ2n) is 6.92. The molecule has 0 spiro atoms. The standard InChI is InChI=1S/C20H25N3O/c1-14-4-5-17-18-6-7-21-16(3)20(18)23(19(17)12-14)13-15(2)22-8-10-24-11-9-22/h4-7,12,15H,8-11,13H2,1-3H3. The lowest BCUT2D eigenvalue weighted by atomic mass is 10.1. The molecular formula is C20H25N3O. The van der Waals surface area contributed by atoms with Crippen LogP contribution >= 0.6 is 0 Å². The first-order chi connectivity index (χ1) is 11.6. The summed E-state index contributed by atoms with van der Waals surface area (Å²) in [6.45, 7) is 11.3. The van der Waals surface area contributed by atoms with Gasteiger partial charge in [-0.2, -0.15) is 0 Å². The van der Waals surface area contributed by atoms with Gasteiger partial charge in [0.1, 0.15) is 0 Å². The Hall–Kier alpha value is -1.91. The molecule has 0 radical (unpaired) electrons. The molecule has 3 heterocycles. The second kappa shape index (κ2) is 6.19. The number of aryl methyl sites for hydroxylation is 2. The van der Waals surface area contributed by atoms with Crippen molar-refractivity contribution in [3.63, 3.8) is 0 Å². The van der Waals surface area contributed by atoms with Gasteiger partial charge < -0.3 is 9.30 Å². The van der Waals surface area contributed by atoms with E-state index in [4.69, 9.17) is 4.74 Å². The van der Waals surface area contributed by atoms with Gasteiger partial charge in [-0.15, -0.1) is 0 Å². The van der Waals surface area contributed by atoms with Crippen LogP contribution in [0.1, 0.15) is 18.2 Å². The van der Waals surface area contributed by atoms with Gasteiger partial charge in [-0.25, -0.2) is 0 Å². The first-order valence-electron chi connectivity index (χ1n) is 8.81. The van der Waals surface area contributed by atoms with Gasteiger partial charge in [0, 0.05) is 48.2 Å². The van der Waals surface area contributed by atoms with Crippen molar-refractivity contribution in [1.82, 2.24) is 14.5 Å². The van der Waals surface area contributed by atoms with Gasteiger partial charge in [0.15, 0.2) is 0 Å². The molecule has 0 saturated carbocycles. The molecule has 0 aliphatic carbocycles. The lowest BCUT2D eigenvalue weighted by Crippen LogP contribution is -2.43. The average Bonchev–Trinajstić information content (AvgIpc) is 2.90. The zero-order chi connectivity index (χ0) is 16.7. The maximum Gasteiger partial charge on any atom is 0.0708 e. The predicted molar refractivity (Wildman–Crippen MR) is 98.6 cm³/mol. The molecule has 1 fully saturated rings. The first-order valence-corrected chi connectivity index (χ1v) is 8.81. The highest BCUT2D eigenvalue weighted by Gasteiger charge is 2.20. The third-order valence-corrected chi connectivity index (χ3v) is 5.23. The van der Waals surface area contributed by atoms with E-state index in [1.807, 2.05) is 6.20 Å². The van der Waals surface area contributed by atoms with E-state index in [0.29, 0.717) is 6.04 Å². The van der Waals surface area contributed by atoms with Crippen LogP contribution in [0.5, 0.6) is 0 Å². The van der Waals surface area contributed by atoms with Gasteiger partial charge in [-0.05, 0) is 38.5 Å². The van der Waals surface area contributed by atoms with Crippen LogP contribution in [-0.2, 0) is 11.3 Å². The molecule has 2 aromatic heterocycles. The summed E-state index contributed by atoms with van der Waals surface area (Å²) in [5, 5.41) is 2.64. The zero-order valence-electron chi connectivity index (χ0n) is 14.7. The topological polar surface area (TPSA) is 30.3 Å². The van der Waals surface area contributed by atoms with Crippen LogP contribution in [0.25, 0.3) is 21.8 Å². The smallest absolute Gasteiger partial charge is 0.0708 e. The number of pyridine rings is 1. The van der Waals surface area contributed by atoms with Crippen molar-refractivity contribution in [2.75, 3.05) is 26.3 Å². The molecule has 0 amide bonds. The summed E-state index contributed by atoms with van der Waals surface area (Å²) in [7, 11) is 0. The van der Waals surface area contributed by atoms with Crippen molar-refractivity contribution < 1.29 is 4.74 Å². The number of aromatic nitrogens is 2. The third kappa shape index (κ3) is 2.60. The Morgan fingerprint density at radius 1 is 1.12 bits per heavy atom. The third-order valence-electron chi connectivity index (χ3n) is 5.23. The molecule has 1 saturated heterocycles. The Balaban J connectivity index is 1.83. The Morgan fingerprint density at radius 2 is 1.92 bits per heavy atom. The summed E-state index contributed by atoms with van der Waals surface area (Å²) in [5.74, 6) is 0. The molecule has 4 nitrogen and oxygen atoms in total. The number of morpholine rings is 1. The van der Waals surface area contributed by atoms with E-state index < -0.39 is 0 Å². The number of nitrogens with zero attached hydrogens (tertiary/aromatic N) is 3. The summed E-state index contributed by atoms with van der Waals surface area (Å²) in [4.78, 5) is 7.08. The quantitative estimate of drug-likeness (QED) is 0.739. The molecule has 1 atom stereocenters. The fourth-order valence-corrected chi connectivity index (χ4v) is 3.92. The van der Waals surface area contributed by atoms with Crippen LogP contribution in [0.2, 0.25) is 0 Å². The van der Waals surface area contributed by atoms with Gasteiger partial charge in [0.05, 0.1) is 24.4 Å². The van der Waals surface area contributed by atoms with E-state index in [9.17, 15) is 0 Å². The van der Waals surface area contributed by atoms with Crippen molar-refractivity contribution in [3.05, 3.63) is 41.7 Å². The monoisotopic (exact) mass is 323 g/mol. The molecule has 0 bridgehead atoms. The van der Waals surface area contributed by atoms with Crippen molar-refractivity contribution in [3.8, 4) is 0 Å². The summed E-state index contributed by atoms with van der Waals surface area (Å²) < 4.78 is 7.97. The fourth-order valence-electron chi connectivity index (χ4n) is 3.92. The first kappa shape index (κ1) is 15.6. The minimum atomic E-state index is 0.479. The number of rotatable bonds is 3. The van der Waals surface area contributed by atoms with Crippen LogP contribution < -0.4 is 0 Å². The zero-order valence-corrected chi connectivity index (χ0v) is 14.7. The van der Waals surface area contributed by atoms with Crippen molar-refractivity contribution in [2.45, 2.75) is 33.4 Å². The Bertz CT molecular complexity index is 877. The molecule has 1 aliphatic rings. The van der Waals surface area contributed by atoms with Crippen LogP contribution in [0.15, 0.2) is 30.5 Å². The fraction of sp³-hybridized carbons (Fsp3) is 0.450. The molecule has 1 aromatic carbocycles. The van der Waals surface area contributed by atoms with Crippen LogP contribution in [0.3, 0.4) is 0 Å². The predicted octanol–water partition coefficient (Wildman–Crippen LogP) is 3.53. The van der Waals surface area contributed by atoms with E-state index in [-0.39, 0.29) is 0 Å². The highest BCUT2D eigenvalue weighted by Crippen LogP contribution is 2.31. The molecule has 1 aliphatic heterocycles. The largest absolute Gasteiger partial charge is 0.379 e. The number of hydrogen-bond donors (Lipinski definition) is 0. The average molecular weight is 323 g/mol. The van der Waals surface area contributed by atoms with E-state index in [0.717, 1.165) is 38.5 Å². The Morgan fingerprint density at radius 3 is 2.71 bits per heavy atom. The number of benzene rings is 1. The van der Waals surface area contributed by atoms with E-state index in [2.05, 4.69) is 59.5 Å². The van der Waals surface area contributed by atoms with Gasteiger partial charge in [-0.1, -0.05) is 12.1 Å². The lowest BCUT2D eigenvalue weighted by molar-refractivity contribution is 0.0174. The maximum atomic E-state index is 5.50. The maximum absolute atomic E-state index is 5.50. The van der Waals surface area contributed by atoms with Gasteiger partial charge in [0.25, 0.3) is 0 Å². The van der Waals surface area contributed by atoms with E-state index >= 15 is 0 Å². The molecule has 126 valence electrons. The SMILES string of the molecule is Cc1ccc2c3ccnc(C)c3n(CC(C)N3CCOCC3)c2c1. The lowest BCUT2D eigenvalue weighted by Gasteiger charge is -2.32. The van der Waals surface area contributed by atoms with E-state index in [1.165, 1.54) is 27.4 Å². The van der Waals surface area contributed by atoms with Crippen molar-refractivity contribution >= 4 is 21.8 Å². The van der Waals surface area contributed by atoms with Crippen LogP contribution in [0.4, 0.5) is 0 Å². The van der Waals surface area contributed by atoms with Crippen LogP contribution in [-0.4, -0.2) is 46.8 Å². The summed E-state index contributed by atoms with van der Waals surface area (Å²) >= 11 is 0. The molecule has 3 aromatic rings. The van der Waals surface area contributed by atoms with Crippen LogP contribution in [0, 0.1) is 13.8 Å². The second-order valence-corrected chi connectivity index (χ2v) is 6.92. The summed E-state index contributed by atoms with van der Waals surface area (Å²) in [6, 6.07) is 9.39. The Labute approximate surface area is 143 Å². The molecule has 1 unspecified atom stereocenters. The molecule has 0 N–H and O–H groups in total. The van der Waals surface area contributed by atoms with Gasteiger partial charge in [0.2, 0.25) is 0 Å². The Kier molecular flexibility index (Phi) is 4.02. The molecule has 4 heteroatoms. The van der Waals surface area contributed by atoms with Crippen molar-refractivity contribution in [1.29, 1.82) is 0 Å². The van der Waals surface area contributed by atoms with E-state index in [1.54, 1.807) is 0 Å². The van der Waals surface area contributed by atoms with Gasteiger partial charge in [-0.3, -0.25) is 9.88 Å². The minimum absolute atomic E-state index is 0.479. The summed E-state index contributed by atoms with van der Waals surface area (Å²) in [6.07, 6.45) is 1.92. The normalized spacial score (nSPS) is 17.6. The molecule has 24 heavy (non-hydrogen) atoms. The molecular weight excluding hydrogens is 298 g/mol. The summed E-state index contributed by atoms with van der Waals surface area (Å²) in [5.41, 5.74) is 5.01. The van der Waals surface area contributed by atoms with Gasteiger partial charge >= 0.3 is 0 Å². The number of hydrogen-bond acceptors (Lipinski definition) is 3. The highest BCUT2D eigenvalue weighted by molar-refractivity contribution is 6.08. The highest BCUT2D eigenvalue weighted by atomic mass is 16.5. The number of fused-ring (bicyclic) bond motifs is 3. The number of ether oxygens (including phenoxy) is 1.